The van der Waals surface area contributed by atoms with Crippen molar-refractivity contribution in [3.63, 3.8) is 0 Å². The molecule has 1 aromatic rings. The maximum atomic E-state index is 13.1. The first kappa shape index (κ1) is 8.51. The summed E-state index contributed by atoms with van der Waals surface area (Å²) in [6.07, 6.45) is 2.94. The highest BCUT2D eigenvalue weighted by molar-refractivity contribution is 5.54. The predicted octanol–water partition coefficient (Wildman–Crippen LogP) is 1.74. The van der Waals surface area contributed by atoms with Crippen LogP contribution < -0.4 is 11.5 Å². The van der Waals surface area contributed by atoms with E-state index in [9.17, 15) is 4.39 Å². The van der Waals surface area contributed by atoms with Crippen molar-refractivity contribution in [3.05, 3.63) is 29.1 Å². The quantitative estimate of drug-likeness (QED) is 0.597. The van der Waals surface area contributed by atoms with Crippen LogP contribution in [0.1, 0.15) is 30.0 Å². The molecular formula is C10H13FN2. The smallest absolute Gasteiger partial charge is 0.146 e. The summed E-state index contributed by atoms with van der Waals surface area (Å²) in [4.78, 5) is 0. The molecule has 1 aliphatic carbocycles. The minimum Gasteiger partial charge on any atom is -0.396 e. The molecule has 70 valence electrons. The van der Waals surface area contributed by atoms with Gasteiger partial charge in [-0.3, -0.25) is 0 Å². The van der Waals surface area contributed by atoms with Crippen molar-refractivity contribution >= 4 is 5.69 Å². The Hall–Kier alpha value is -1.09. The maximum Gasteiger partial charge on any atom is 0.146 e. The number of anilines is 1. The van der Waals surface area contributed by atoms with Crippen LogP contribution in [0.4, 0.5) is 10.1 Å². The van der Waals surface area contributed by atoms with Crippen LogP contribution in [0.15, 0.2) is 12.1 Å². The molecule has 4 N–H and O–H groups in total. The standard InChI is InChI=1S/C10H13FN2/c11-7-5-4-6-2-1-3-8(12)9(6)10(7)13/h4-5,8H,1-3,12-13H2/t8-/m0/s1. The van der Waals surface area contributed by atoms with E-state index in [0.717, 1.165) is 30.4 Å². The van der Waals surface area contributed by atoms with Gasteiger partial charge < -0.3 is 11.5 Å². The number of rotatable bonds is 0. The molecule has 0 saturated heterocycles. The van der Waals surface area contributed by atoms with Crippen molar-refractivity contribution in [2.45, 2.75) is 25.3 Å². The summed E-state index contributed by atoms with van der Waals surface area (Å²) in [7, 11) is 0. The molecule has 0 spiro atoms. The van der Waals surface area contributed by atoms with E-state index >= 15 is 0 Å². The molecule has 13 heavy (non-hydrogen) atoms. The number of hydrogen-bond donors (Lipinski definition) is 2. The molecule has 0 aromatic heterocycles. The van der Waals surface area contributed by atoms with Gasteiger partial charge in [0.2, 0.25) is 0 Å². The molecular weight excluding hydrogens is 167 g/mol. The largest absolute Gasteiger partial charge is 0.396 e. The van der Waals surface area contributed by atoms with Gasteiger partial charge in [0.1, 0.15) is 5.82 Å². The third-order valence-corrected chi connectivity index (χ3v) is 2.66. The van der Waals surface area contributed by atoms with E-state index in [-0.39, 0.29) is 17.5 Å². The Morgan fingerprint density at radius 3 is 2.92 bits per heavy atom. The average Bonchev–Trinajstić information content (AvgIpc) is 2.12. The summed E-state index contributed by atoms with van der Waals surface area (Å²) in [5.41, 5.74) is 13.7. The second-order valence-electron chi connectivity index (χ2n) is 3.53. The molecule has 1 aromatic carbocycles. The van der Waals surface area contributed by atoms with E-state index in [1.165, 1.54) is 6.07 Å². The normalized spacial score (nSPS) is 21.2. The summed E-state index contributed by atoms with van der Waals surface area (Å²) in [6.45, 7) is 0. The van der Waals surface area contributed by atoms with Crippen LogP contribution in [0.3, 0.4) is 0 Å². The summed E-state index contributed by atoms with van der Waals surface area (Å²) < 4.78 is 13.1. The van der Waals surface area contributed by atoms with Gasteiger partial charge in [-0.15, -0.1) is 0 Å². The van der Waals surface area contributed by atoms with E-state index in [1.807, 2.05) is 0 Å². The van der Waals surface area contributed by atoms with Crippen molar-refractivity contribution in [1.82, 2.24) is 0 Å². The summed E-state index contributed by atoms with van der Waals surface area (Å²) >= 11 is 0. The molecule has 0 radical (unpaired) electrons. The summed E-state index contributed by atoms with van der Waals surface area (Å²) in [6, 6.07) is 3.13. The number of hydrogen-bond acceptors (Lipinski definition) is 2. The lowest BCUT2D eigenvalue weighted by Crippen LogP contribution is -2.19. The topological polar surface area (TPSA) is 52.0 Å². The molecule has 0 saturated carbocycles. The molecule has 2 rings (SSSR count). The molecule has 2 nitrogen and oxygen atoms in total. The molecule has 0 unspecified atom stereocenters. The van der Waals surface area contributed by atoms with E-state index in [0.29, 0.717) is 0 Å². The van der Waals surface area contributed by atoms with Gasteiger partial charge in [0.25, 0.3) is 0 Å². The molecule has 0 amide bonds. The Labute approximate surface area is 76.7 Å². The molecule has 1 atom stereocenters. The van der Waals surface area contributed by atoms with Crippen LogP contribution in [-0.2, 0) is 6.42 Å². The highest BCUT2D eigenvalue weighted by Crippen LogP contribution is 2.33. The molecule has 3 heteroatoms. The highest BCUT2D eigenvalue weighted by atomic mass is 19.1. The Morgan fingerprint density at radius 2 is 2.15 bits per heavy atom. The Bertz CT molecular complexity index is 336. The van der Waals surface area contributed by atoms with Crippen LogP contribution in [-0.4, -0.2) is 0 Å². The van der Waals surface area contributed by atoms with Gasteiger partial charge in [-0.25, -0.2) is 4.39 Å². The van der Waals surface area contributed by atoms with Crippen LogP contribution in [0.25, 0.3) is 0 Å². The predicted molar refractivity (Wildman–Crippen MR) is 50.7 cm³/mol. The van der Waals surface area contributed by atoms with Gasteiger partial charge in [-0.2, -0.15) is 0 Å². The number of fused-ring (bicyclic) bond motifs is 1. The SMILES string of the molecule is Nc1c(F)ccc2c1[C@@H](N)CCC2. The van der Waals surface area contributed by atoms with Crippen LogP contribution in [0.5, 0.6) is 0 Å². The van der Waals surface area contributed by atoms with Crippen LogP contribution in [0.2, 0.25) is 0 Å². The highest BCUT2D eigenvalue weighted by Gasteiger charge is 2.20. The number of nitrogen functional groups attached to an aromatic ring is 1. The lowest BCUT2D eigenvalue weighted by atomic mass is 9.87. The lowest BCUT2D eigenvalue weighted by molar-refractivity contribution is 0.561. The second kappa shape index (κ2) is 3.00. The van der Waals surface area contributed by atoms with Crippen molar-refractivity contribution in [2.24, 2.45) is 5.73 Å². The fourth-order valence-corrected chi connectivity index (χ4v) is 1.97. The van der Waals surface area contributed by atoms with E-state index in [4.69, 9.17) is 11.5 Å². The van der Waals surface area contributed by atoms with E-state index in [1.54, 1.807) is 6.07 Å². The average molecular weight is 180 g/mol. The van der Waals surface area contributed by atoms with Gasteiger partial charge in [0, 0.05) is 6.04 Å². The Balaban J connectivity index is 2.58. The van der Waals surface area contributed by atoms with Crippen molar-refractivity contribution in [3.8, 4) is 0 Å². The van der Waals surface area contributed by atoms with Gasteiger partial charge in [0.05, 0.1) is 5.69 Å². The third kappa shape index (κ3) is 1.29. The zero-order chi connectivity index (χ0) is 9.42. The number of aryl methyl sites for hydroxylation is 1. The minimum atomic E-state index is -0.351. The van der Waals surface area contributed by atoms with Gasteiger partial charge in [0.15, 0.2) is 0 Å². The van der Waals surface area contributed by atoms with Crippen LogP contribution in [0, 0.1) is 5.82 Å². The Kier molecular flexibility index (Phi) is 1.96. The number of halogens is 1. The van der Waals surface area contributed by atoms with Gasteiger partial charge >= 0.3 is 0 Å². The zero-order valence-electron chi connectivity index (χ0n) is 7.39. The molecule has 0 fully saturated rings. The molecule has 1 aliphatic rings. The zero-order valence-corrected chi connectivity index (χ0v) is 7.39. The third-order valence-electron chi connectivity index (χ3n) is 2.66. The fourth-order valence-electron chi connectivity index (χ4n) is 1.97. The minimum absolute atomic E-state index is 0.0838. The van der Waals surface area contributed by atoms with Gasteiger partial charge in [-0.1, -0.05) is 6.07 Å². The first-order chi connectivity index (χ1) is 6.20. The van der Waals surface area contributed by atoms with Crippen LogP contribution >= 0.6 is 0 Å². The molecule has 0 bridgehead atoms. The van der Waals surface area contributed by atoms with Crippen molar-refractivity contribution < 1.29 is 4.39 Å². The lowest BCUT2D eigenvalue weighted by Gasteiger charge is -2.23. The maximum absolute atomic E-state index is 13.1. The first-order valence-corrected chi connectivity index (χ1v) is 4.52. The molecule has 0 heterocycles. The Morgan fingerprint density at radius 1 is 1.38 bits per heavy atom. The fraction of sp³-hybridized carbons (Fsp3) is 0.400. The monoisotopic (exact) mass is 180 g/mol. The van der Waals surface area contributed by atoms with Crippen molar-refractivity contribution in [2.75, 3.05) is 5.73 Å². The van der Waals surface area contributed by atoms with Gasteiger partial charge in [-0.05, 0) is 36.5 Å². The van der Waals surface area contributed by atoms with E-state index in [2.05, 4.69) is 0 Å². The van der Waals surface area contributed by atoms with E-state index < -0.39 is 0 Å². The molecule has 0 aliphatic heterocycles. The number of benzene rings is 1. The summed E-state index contributed by atoms with van der Waals surface area (Å²) in [5, 5.41) is 0. The second-order valence-corrected chi connectivity index (χ2v) is 3.53. The van der Waals surface area contributed by atoms with Crippen molar-refractivity contribution in [1.29, 1.82) is 0 Å². The first-order valence-electron chi connectivity index (χ1n) is 4.52. The number of nitrogens with two attached hydrogens (primary N) is 2. The summed E-state index contributed by atoms with van der Waals surface area (Å²) in [5.74, 6) is -0.351.